The first-order valence-electron chi connectivity index (χ1n) is 7.96. The van der Waals surface area contributed by atoms with Gasteiger partial charge in [-0.2, -0.15) is 0 Å². The summed E-state index contributed by atoms with van der Waals surface area (Å²) in [6.45, 7) is 3.45. The highest BCUT2D eigenvalue weighted by atomic mass is 16.4. The second kappa shape index (κ2) is 6.10. The molecule has 1 aliphatic carbocycles. The molecule has 0 saturated heterocycles. The van der Waals surface area contributed by atoms with E-state index >= 15 is 0 Å². The lowest BCUT2D eigenvalue weighted by atomic mass is 10.1. The number of hydrogen-bond acceptors (Lipinski definition) is 4. The van der Waals surface area contributed by atoms with Crippen molar-refractivity contribution >= 4 is 17.5 Å². The van der Waals surface area contributed by atoms with E-state index in [1.165, 1.54) is 4.52 Å². The van der Waals surface area contributed by atoms with Crippen LogP contribution < -0.4 is 5.56 Å². The summed E-state index contributed by atoms with van der Waals surface area (Å²) < 4.78 is 1.30. The number of amides is 1. The summed E-state index contributed by atoms with van der Waals surface area (Å²) in [4.78, 5) is 42.2. The number of nitrogens with one attached hydrogen (secondary N) is 1. The summed E-state index contributed by atoms with van der Waals surface area (Å²) in [6, 6.07) is 1.77. The number of nitrogens with zero attached hydrogens (tertiary/aromatic N) is 3. The normalized spacial score (nSPS) is 15.4. The highest BCUT2D eigenvalue weighted by Gasteiger charge is 2.34. The first kappa shape index (κ1) is 16.2. The molecular weight excluding hydrogens is 312 g/mol. The Hall–Kier alpha value is -2.64. The average molecular weight is 332 g/mol. The van der Waals surface area contributed by atoms with E-state index in [0.717, 1.165) is 12.8 Å². The number of carbonyl (C=O) groups is 2. The number of rotatable bonds is 6. The van der Waals surface area contributed by atoms with Crippen LogP contribution in [0, 0.1) is 12.8 Å². The maximum atomic E-state index is 12.7. The quantitative estimate of drug-likeness (QED) is 0.805. The van der Waals surface area contributed by atoms with Crippen molar-refractivity contribution in [2.45, 2.75) is 39.2 Å². The van der Waals surface area contributed by atoms with Gasteiger partial charge in [0, 0.05) is 36.1 Å². The molecule has 1 unspecified atom stereocenters. The van der Waals surface area contributed by atoms with Gasteiger partial charge in [-0.25, -0.2) is 9.50 Å². The number of carbonyl (C=O) groups excluding carboxylic acids is 1. The van der Waals surface area contributed by atoms with E-state index in [1.54, 1.807) is 31.0 Å². The van der Waals surface area contributed by atoms with Crippen molar-refractivity contribution in [3.8, 4) is 0 Å². The molecule has 2 aromatic rings. The van der Waals surface area contributed by atoms with E-state index in [4.69, 9.17) is 5.11 Å². The van der Waals surface area contributed by atoms with Gasteiger partial charge in [0.25, 0.3) is 5.56 Å². The number of aliphatic carboxylic acids is 1. The van der Waals surface area contributed by atoms with Gasteiger partial charge in [0.1, 0.15) is 0 Å². The summed E-state index contributed by atoms with van der Waals surface area (Å²) in [5.74, 6) is -1.79. The van der Waals surface area contributed by atoms with Crippen molar-refractivity contribution in [3.05, 3.63) is 33.9 Å². The van der Waals surface area contributed by atoms with E-state index in [0.29, 0.717) is 16.9 Å². The Morgan fingerprint density at radius 2 is 2.21 bits per heavy atom. The van der Waals surface area contributed by atoms with E-state index in [9.17, 15) is 14.4 Å². The zero-order valence-corrected chi connectivity index (χ0v) is 13.7. The van der Waals surface area contributed by atoms with Crippen LogP contribution in [0.1, 0.15) is 31.0 Å². The number of hydrogen-bond donors (Lipinski definition) is 2. The fourth-order valence-electron chi connectivity index (χ4n) is 2.78. The third-order valence-electron chi connectivity index (χ3n) is 4.37. The molecule has 2 heterocycles. The third kappa shape index (κ3) is 3.04. The minimum absolute atomic E-state index is 0.0670. The number of carboxylic acids is 1. The van der Waals surface area contributed by atoms with Gasteiger partial charge in [0.15, 0.2) is 5.65 Å². The SMILES string of the molecule is Cc1nc2cc[nH]n2c(=O)c1CC(=O)N(CC(C)C(=O)O)C1CC1. The predicted octanol–water partition coefficient (Wildman–Crippen LogP) is 0.585. The topological polar surface area (TPSA) is 108 Å². The summed E-state index contributed by atoms with van der Waals surface area (Å²) >= 11 is 0. The Kier molecular flexibility index (Phi) is 4.13. The Bertz CT molecular complexity index is 849. The smallest absolute Gasteiger partial charge is 0.308 e. The van der Waals surface area contributed by atoms with Crippen molar-refractivity contribution in [2.75, 3.05) is 6.54 Å². The molecule has 24 heavy (non-hydrogen) atoms. The fraction of sp³-hybridized carbons (Fsp3) is 0.500. The molecule has 0 radical (unpaired) electrons. The Morgan fingerprint density at radius 3 is 2.83 bits per heavy atom. The van der Waals surface area contributed by atoms with Crippen molar-refractivity contribution in [3.63, 3.8) is 0 Å². The summed E-state index contributed by atoms with van der Waals surface area (Å²) in [5, 5.41) is 11.9. The van der Waals surface area contributed by atoms with Crippen LogP contribution in [0.4, 0.5) is 0 Å². The van der Waals surface area contributed by atoms with Crippen LogP contribution in [0.15, 0.2) is 17.1 Å². The lowest BCUT2D eigenvalue weighted by Gasteiger charge is -2.24. The van der Waals surface area contributed by atoms with Gasteiger partial charge < -0.3 is 10.0 Å². The third-order valence-corrected chi connectivity index (χ3v) is 4.37. The average Bonchev–Trinajstić information content (AvgIpc) is 3.26. The molecule has 8 heteroatoms. The molecule has 0 spiro atoms. The van der Waals surface area contributed by atoms with E-state index in [2.05, 4.69) is 10.1 Å². The van der Waals surface area contributed by atoms with Crippen LogP contribution in [-0.2, 0) is 16.0 Å². The number of fused-ring (bicyclic) bond motifs is 1. The van der Waals surface area contributed by atoms with Gasteiger partial charge >= 0.3 is 5.97 Å². The minimum Gasteiger partial charge on any atom is -0.481 e. The van der Waals surface area contributed by atoms with Crippen LogP contribution in [0.25, 0.3) is 5.65 Å². The lowest BCUT2D eigenvalue weighted by Crippen LogP contribution is -2.40. The summed E-state index contributed by atoms with van der Waals surface area (Å²) in [6.07, 6.45) is 3.30. The minimum atomic E-state index is -0.931. The molecule has 8 nitrogen and oxygen atoms in total. The van der Waals surface area contributed by atoms with Crippen LogP contribution in [0.2, 0.25) is 0 Å². The second-order valence-electron chi connectivity index (χ2n) is 6.33. The van der Waals surface area contributed by atoms with Crippen LogP contribution in [0.3, 0.4) is 0 Å². The highest BCUT2D eigenvalue weighted by molar-refractivity contribution is 5.80. The number of aromatic amines is 1. The molecule has 0 aliphatic heterocycles. The van der Waals surface area contributed by atoms with Crippen LogP contribution in [0.5, 0.6) is 0 Å². The molecule has 1 aliphatic rings. The molecular formula is C16H20N4O4. The molecule has 128 valence electrons. The zero-order valence-electron chi connectivity index (χ0n) is 13.7. The highest BCUT2D eigenvalue weighted by Crippen LogP contribution is 2.28. The van der Waals surface area contributed by atoms with Gasteiger partial charge in [-0.3, -0.25) is 19.5 Å². The number of aryl methyl sites for hydroxylation is 1. The predicted molar refractivity (Wildman–Crippen MR) is 85.8 cm³/mol. The molecule has 1 fully saturated rings. The Balaban J connectivity index is 1.85. The van der Waals surface area contributed by atoms with Crippen LogP contribution in [-0.4, -0.2) is 49.1 Å². The van der Waals surface area contributed by atoms with Crippen molar-refractivity contribution in [1.29, 1.82) is 0 Å². The second-order valence-corrected chi connectivity index (χ2v) is 6.33. The van der Waals surface area contributed by atoms with Gasteiger partial charge in [0.05, 0.1) is 12.3 Å². The first-order chi connectivity index (χ1) is 11.4. The van der Waals surface area contributed by atoms with Crippen molar-refractivity contribution < 1.29 is 14.7 Å². The summed E-state index contributed by atoms with van der Waals surface area (Å²) in [7, 11) is 0. The van der Waals surface area contributed by atoms with Crippen molar-refractivity contribution in [2.24, 2.45) is 5.92 Å². The maximum Gasteiger partial charge on any atom is 0.308 e. The Labute approximate surface area is 138 Å². The molecule has 0 aromatic carbocycles. The maximum absolute atomic E-state index is 12.7. The largest absolute Gasteiger partial charge is 0.481 e. The lowest BCUT2D eigenvalue weighted by molar-refractivity contribution is -0.143. The van der Waals surface area contributed by atoms with Gasteiger partial charge in [-0.1, -0.05) is 6.92 Å². The van der Waals surface area contributed by atoms with E-state index in [-0.39, 0.29) is 30.5 Å². The van der Waals surface area contributed by atoms with E-state index < -0.39 is 11.9 Å². The van der Waals surface area contributed by atoms with Crippen LogP contribution >= 0.6 is 0 Å². The molecule has 2 aromatic heterocycles. The molecule has 1 saturated carbocycles. The standard InChI is InChI=1S/C16H20N4O4/c1-9(16(23)24)8-19(11-3-4-11)14(21)7-12-10(2)18-13-5-6-17-20(13)15(12)22/h5-6,9,11,17H,3-4,7-8H2,1-2H3,(H,23,24). The Morgan fingerprint density at radius 1 is 1.50 bits per heavy atom. The van der Waals surface area contributed by atoms with Crippen molar-refractivity contribution in [1.82, 2.24) is 19.5 Å². The monoisotopic (exact) mass is 332 g/mol. The zero-order chi connectivity index (χ0) is 17.4. The van der Waals surface area contributed by atoms with E-state index in [1.807, 2.05) is 0 Å². The molecule has 2 N–H and O–H groups in total. The number of aromatic nitrogens is 3. The number of H-pyrrole nitrogens is 1. The molecule has 3 rings (SSSR count). The number of carboxylic acid groups (broad SMARTS) is 1. The molecule has 0 bridgehead atoms. The van der Waals surface area contributed by atoms with Gasteiger partial charge in [0.2, 0.25) is 5.91 Å². The summed E-state index contributed by atoms with van der Waals surface area (Å²) in [5.41, 5.74) is 1.08. The molecule has 1 atom stereocenters. The van der Waals surface area contributed by atoms with Gasteiger partial charge in [-0.05, 0) is 19.8 Å². The fourth-order valence-corrected chi connectivity index (χ4v) is 2.78. The first-order valence-corrected chi connectivity index (χ1v) is 7.96. The molecule has 1 amide bonds. The van der Waals surface area contributed by atoms with Gasteiger partial charge in [-0.15, -0.1) is 0 Å².